The minimum Gasteiger partial charge on any atom is -0.481 e. The molecule has 0 spiro atoms. The third-order valence-corrected chi connectivity index (χ3v) is 4.85. The summed E-state index contributed by atoms with van der Waals surface area (Å²) >= 11 is 0. The van der Waals surface area contributed by atoms with Gasteiger partial charge < -0.3 is 24.1 Å². The van der Waals surface area contributed by atoms with E-state index in [1.54, 1.807) is 0 Å². The molecule has 6 heteroatoms. The van der Waals surface area contributed by atoms with E-state index in [0.29, 0.717) is 12.8 Å². The third-order valence-electron chi connectivity index (χ3n) is 4.85. The number of hydrogen-bond donors (Lipinski definition) is 2. The monoisotopic (exact) mass is 338 g/mol. The summed E-state index contributed by atoms with van der Waals surface area (Å²) in [4.78, 5) is 10.5. The van der Waals surface area contributed by atoms with Crippen molar-refractivity contribution in [3.63, 3.8) is 0 Å². The van der Waals surface area contributed by atoms with Crippen molar-refractivity contribution in [2.75, 3.05) is 13.2 Å². The van der Waals surface area contributed by atoms with Gasteiger partial charge in [-0.05, 0) is 38.2 Å². The van der Waals surface area contributed by atoms with Crippen molar-refractivity contribution in [3.8, 4) is 0 Å². The second-order valence-corrected chi connectivity index (χ2v) is 6.66. The topological polar surface area (TPSA) is 89.1 Å². The van der Waals surface area contributed by atoms with E-state index in [9.17, 15) is 9.90 Å². The predicted octanol–water partition coefficient (Wildman–Crippen LogP) is 2.62. The molecule has 3 atom stereocenters. The predicted molar refractivity (Wildman–Crippen MR) is 85.9 cm³/mol. The molecule has 6 nitrogen and oxygen atoms in total. The number of aliphatic hydroxyl groups excluding tert-OH is 1. The van der Waals surface area contributed by atoms with Crippen LogP contribution in [0.5, 0.6) is 0 Å². The highest BCUT2D eigenvalue weighted by Crippen LogP contribution is 2.38. The van der Waals surface area contributed by atoms with Gasteiger partial charge in [0.1, 0.15) is 11.5 Å². The number of hydrogen-bond acceptors (Lipinski definition) is 5. The Balaban J connectivity index is 1.54. The quantitative estimate of drug-likeness (QED) is 0.708. The lowest BCUT2D eigenvalue weighted by Crippen LogP contribution is -2.31. The van der Waals surface area contributed by atoms with Crippen molar-refractivity contribution in [1.29, 1.82) is 0 Å². The van der Waals surface area contributed by atoms with Gasteiger partial charge in [0.15, 0.2) is 6.29 Å². The molecule has 0 saturated carbocycles. The number of fused-ring (bicyclic) bond motifs is 1. The molecule has 134 valence electrons. The van der Waals surface area contributed by atoms with E-state index >= 15 is 0 Å². The lowest BCUT2D eigenvalue weighted by Gasteiger charge is -2.28. The highest BCUT2D eigenvalue weighted by molar-refractivity contribution is 5.66. The highest BCUT2D eigenvalue weighted by atomic mass is 16.7. The molecule has 2 heterocycles. The average molecular weight is 338 g/mol. The van der Waals surface area contributed by atoms with Crippen LogP contribution in [-0.2, 0) is 27.1 Å². The van der Waals surface area contributed by atoms with Crippen LogP contribution in [0.1, 0.15) is 61.5 Å². The molecule has 0 aromatic carbocycles. The van der Waals surface area contributed by atoms with Gasteiger partial charge in [0.05, 0.1) is 12.7 Å². The number of unbranched alkanes of at least 4 members (excludes halogenated alkanes) is 1. The summed E-state index contributed by atoms with van der Waals surface area (Å²) in [7, 11) is 0. The standard InChI is InChI=1S/C18H26O6/c19-11-14-13-9-12(5-1-2-6-17(20)21)23-15(13)10-16(14)24-18-7-3-4-8-22-18/h9,14,16,18-19H,1-8,10-11H2,(H,20,21)/t14-,16-,18?/m1/s1. The van der Waals surface area contributed by atoms with Gasteiger partial charge in [-0.2, -0.15) is 0 Å². The maximum atomic E-state index is 10.5. The Hall–Kier alpha value is -1.37. The van der Waals surface area contributed by atoms with Crippen LogP contribution in [0.25, 0.3) is 0 Å². The molecule has 1 aromatic heterocycles. The van der Waals surface area contributed by atoms with Crippen LogP contribution in [0.2, 0.25) is 0 Å². The maximum Gasteiger partial charge on any atom is 0.303 e. The summed E-state index contributed by atoms with van der Waals surface area (Å²) in [5.41, 5.74) is 1.03. The van der Waals surface area contributed by atoms with Crippen LogP contribution in [0.3, 0.4) is 0 Å². The van der Waals surface area contributed by atoms with Gasteiger partial charge >= 0.3 is 5.97 Å². The van der Waals surface area contributed by atoms with Gasteiger partial charge in [0.2, 0.25) is 0 Å². The maximum absolute atomic E-state index is 10.5. The van der Waals surface area contributed by atoms with E-state index in [1.807, 2.05) is 6.07 Å². The summed E-state index contributed by atoms with van der Waals surface area (Å²) in [6.07, 6.45) is 5.87. The fraction of sp³-hybridized carbons (Fsp3) is 0.722. The van der Waals surface area contributed by atoms with E-state index in [-0.39, 0.29) is 31.3 Å². The molecule has 1 aliphatic carbocycles. The molecule has 1 saturated heterocycles. The summed E-state index contributed by atoms with van der Waals surface area (Å²) in [6.45, 7) is 0.771. The molecule has 0 bridgehead atoms. The van der Waals surface area contributed by atoms with Crippen molar-refractivity contribution >= 4 is 5.97 Å². The molecule has 2 N–H and O–H groups in total. The van der Waals surface area contributed by atoms with Crippen molar-refractivity contribution in [3.05, 3.63) is 23.2 Å². The molecule has 1 aromatic rings. The van der Waals surface area contributed by atoms with Gasteiger partial charge in [-0.1, -0.05) is 0 Å². The van der Waals surface area contributed by atoms with Gasteiger partial charge in [0.25, 0.3) is 0 Å². The SMILES string of the molecule is O=C(O)CCCCc1cc2c(o1)C[C@@H](OC1CCCCO1)[C@@H]2CO. The number of furan rings is 1. The molecule has 1 aliphatic heterocycles. The number of ether oxygens (including phenoxy) is 2. The van der Waals surface area contributed by atoms with Gasteiger partial charge in [-0.15, -0.1) is 0 Å². The first kappa shape index (κ1) is 17.5. The smallest absolute Gasteiger partial charge is 0.303 e. The summed E-state index contributed by atoms with van der Waals surface area (Å²) in [6, 6.07) is 2.00. The van der Waals surface area contributed by atoms with E-state index < -0.39 is 5.97 Å². The van der Waals surface area contributed by atoms with Gasteiger partial charge in [-0.25, -0.2) is 0 Å². The van der Waals surface area contributed by atoms with Crippen LogP contribution < -0.4 is 0 Å². The van der Waals surface area contributed by atoms with Crippen molar-refractivity contribution in [2.24, 2.45) is 0 Å². The molecular formula is C18H26O6. The largest absolute Gasteiger partial charge is 0.481 e. The Morgan fingerprint density at radius 3 is 2.92 bits per heavy atom. The van der Waals surface area contributed by atoms with Crippen LogP contribution in [-0.4, -0.2) is 41.8 Å². The second-order valence-electron chi connectivity index (χ2n) is 6.66. The molecule has 2 aliphatic rings. The van der Waals surface area contributed by atoms with Crippen molar-refractivity contribution in [1.82, 2.24) is 0 Å². The van der Waals surface area contributed by atoms with E-state index in [2.05, 4.69) is 0 Å². The molecule has 0 amide bonds. The second kappa shape index (κ2) is 8.14. The zero-order chi connectivity index (χ0) is 16.9. The Bertz CT molecular complexity index is 546. The molecule has 3 rings (SSSR count). The number of aliphatic hydroxyl groups is 1. The van der Waals surface area contributed by atoms with Crippen LogP contribution >= 0.6 is 0 Å². The zero-order valence-electron chi connectivity index (χ0n) is 13.9. The Labute approximate surface area is 141 Å². The average Bonchev–Trinajstić information content (AvgIpc) is 3.09. The van der Waals surface area contributed by atoms with E-state index in [1.165, 1.54) is 0 Å². The number of aliphatic carboxylic acids is 1. The lowest BCUT2D eigenvalue weighted by molar-refractivity contribution is -0.192. The molecular weight excluding hydrogens is 312 g/mol. The van der Waals surface area contributed by atoms with E-state index in [4.69, 9.17) is 19.0 Å². The number of carbonyl (C=O) groups is 1. The minimum absolute atomic E-state index is 0.0301. The number of carboxylic acid groups (broad SMARTS) is 1. The Morgan fingerprint density at radius 1 is 1.33 bits per heavy atom. The lowest BCUT2D eigenvalue weighted by atomic mass is 10.0. The fourth-order valence-electron chi connectivity index (χ4n) is 3.57. The van der Waals surface area contributed by atoms with E-state index in [0.717, 1.165) is 55.8 Å². The summed E-state index contributed by atoms with van der Waals surface area (Å²) in [5.74, 6) is 0.934. The normalized spacial score (nSPS) is 26.5. The first-order valence-corrected chi connectivity index (χ1v) is 8.88. The van der Waals surface area contributed by atoms with Gasteiger partial charge in [-0.3, -0.25) is 4.79 Å². The number of rotatable bonds is 8. The zero-order valence-corrected chi connectivity index (χ0v) is 13.9. The van der Waals surface area contributed by atoms with Crippen molar-refractivity contribution in [2.45, 2.75) is 69.7 Å². The Kier molecular flexibility index (Phi) is 5.92. The summed E-state index contributed by atoms with van der Waals surface area (Å²) in [5, 5.41) is 18.4. The molecule has 1 unspecified atom stereocenters. The fourth-order valence-corrected chi connectivity index (χ4v) is 3.57. The molecule has 1 fully saturated rings. The molecule has 24 heavy (non-hydrogen) atoms. The van der Waals surface area contributed by atoms with Crippen molar-refractivity contribution < 1.29 is 28.9 Å². The first-order chi connectivity index (χ1) is 11.7. The number of carboxylic acids is 1. The van der Waals surface area contributed by atoms with Crippen LogP contribution in [0.4, 0.5) is 0 Å². The highest BCUT2D eigenvalue weighted by Gasteiger charge is 2.38. The molecule has 0 radical (unpaired) electrons. The first-order valence-electron chi connectivity index (χ1n) is 8.88. The Morgan fingerprint density at radius 2 is 2.21 bits per heavy atom. The number of aryl methyl sites for hydroxylation is 1. The van der Waals surface area contributed by atoms with Crippen LogP contribution in [0.15, 0.2) is 10.5 Å². The van der Waals surface area contributed by atoms with Gasteiger partial charge in [0, 0.05) is 37.4 Å². The third kappa shape index (κ3) is 4.18. The van der Waals surface area contributed by atoms with Crippen LogP contribution in [0, 0.1) is 0 Å². The summed E-state index contributed by atoms with van der Waals surface area (Å²) < 4.78 is 17.6. The minimum atomic E-state index is -0.762.